The third kappa shape index (κ3) is 4.54. The predicted octanol–water partition coefficient (Wildman–Crippen LogP) is 6.72. The van der Waals surface area contributed by atoms with Crippen LogP contribution < -0.4 is 4.74 Å². The lowest BCUT2D eigenvalue weighted by Crippen LogP contribution is -2.09. The fraction of sp³-hybridized carbons (Fsp3) is 0. The van der Waals surface area contributed by atoms with Gasteiger partial charge in [0.2, 0.25) is 5.76 Å². The van der Waals surface area contributed by atoms with Crippen molar-refractivity contribution >= 4 is 39.5 Å². The van der Waals surface area contributed by atoms with Crippen molar-refractivity contribution in [3.05, 3.63) is 106 Å². The number of hydrogen-bond acceptors (Lipinski definition) is 3. The maximum absolute atomic E-state index is 13.7. The molecule has 0 saturated heterocycles. The van der Waals surface area contributed by atoms with Gasteiger partial charge in [-0.2, -0.15) is 10.9 Å². The Morgan fingerprint density at radius 3 is 1.83 bits per heavy atom. The third-order valence-corrected chi connectivity index (χ3v) is 7.15. The van der Waals surface area contributed by atoms with Gasteiger partial charge in [0.25, 0.3) is 0 Å². The summed E-state index contributed by atoms with van der Waals surface area (Å²) in [7, 11) is -0.744. The fourth-order valence-electron chi connectivity index (χ4n) is 2.90. The summed E-state index contributed by atoms with van der Waals surface area (Å²) < 4.78 is 24.3. The zero-order chi connectivity index (χ0) is 20.2. The lowest BCUT2D eigenvalue weighted by molar-refractivity contribution is 0.0693. The topological polar surface area (TPSA) is 39.4 Å². The van der Waals surface area contributed by atoms with Crippen LogP contribution in [0.25, 0.3) is 0 Å². The average molecular weight is 518 g/mol. The number of benzene rings is 3. The molecule has 0 bridgehead atoms. The summed E-state index contributed by atoms with van der Waals surface area (Å²) >= 11 is 1.80. The number of ether oxygens (including phenoxy) is 1. The number of esters is 1. The van der Waals surface area contributed by atoms with Crippen molar-refractivity contribution in [3.8, 4) is 5.75 Å². The van der Waals surface area contributed by atoms with Gasteiger partial charge in [0.05, 0.1) is 0 Å². The second kappa shape index (κ2) is 8.84. The first kappa shape index (κ1) is 19.7. The first-order valence-corrected chi connectivity index (χ1v) is 11.2. The molecular weight excluding hydrogens is 502 g/mol. The first-order chi connectivity index (χ1) is 14.1. The van der Waals surface area contributed by atoms with E-state index in [9.17, 15) is 9.18 Å². The van der Waals surface area contributed by atoms with Crippen molar-refractivity contribution in [2.45, 2.75) is 14.7 Å². The molecule has 6 heteroatoms. The molecule has 29 heavy (non-hydrogen) atoms. The summed E-state index contributed by atoms with van der Waals surface area (Å²) in [6.07, 6.45) is 0. The van der Waals surface area contributed by atoms with E-state index < -0.39 is 28.4 Å². The van der Waals surface area contributed by atoms with Crippen LogP contribution in [-0.2, 0) is 0 Å². The highest BCUT2D eigenvalue weighted by Crippen LogP contribution is 2.51. The van der Waals surface area contributed by atoms with E-state index in [0.717, 1.165) is 11.0 Å². The number of hydrogen-bond donors (Lipinski definition) is 1. The number of carbonyl (C=O) groups excluding carboxylic acids is 1. The van der Waals surface area contributed by atoms with Crippen LogP contribution in [0.15, 0.2) is 110 Å². The SMILES string of the molecule is O=C(Oc1ccc([SH](c2ccccc2)c2ccccc2)cc1)c1oc(I)cc1F. The van der Waals surface area contributed by atoms with Crippen LogP contribution in [0.3, 0.4) is 0 Å². The van der Waals surface area contributed by atoms with Gasteiger partial charge < -0.3 is 9.15 Å². The molecule has 0 fully saturated rings. The molecule has 146 valence electrons. The van der Waals surface area contributed by atoms with Crippen molar-refractivity contribution in [2.75, 3.05) is 0 Å². The van der Waals surface area contributed by atoms with Gasteiger partial charge in [0.15, 0.2) is 9.58 Å². The normalized spacial score (nSPS) is 11.2. The zero-order valence-electron chi connectivity index (χ0n) is 15.1. The highest BCUT2D eigenvalue weighted by Gasteiger charge is 2.20. The maximum Gasteiger partial charge on any atom is 0.382 e. The molecule has 0 saturated carbocycles. The Hall–Kier alpha value is -2.58. The Morgan fingerprint density at radius 2 is 1.34 bits per heavy atom. The van der Waals surface area contributed by atoms with Crippen molar-refractivity contribution in [1.82, 2.24) is 0 Å². The van der Waals surface area contributed by atoms with Gasteiger partial charge in [-0.05, 0) is 85.8 Å². The van der Waals surface area contributed by atoms with Crippen LogP contribution in [0, 0.1) is 9.58 Å². The van der Waals surface area contributed by atoms with Gasteiger partial charge in [0.1, 0.15) is 5.75 Å². The van der Waals surface area contributed by atoms with Crippen molar-refractivity contribution in [1.29, 1.82) is 0 Å². The number of halogens is 2. The molecule has 3 nitrogen and oxygen atoms in total. The molecule has 1 heterocycles. The largest absolute Gasteiger partial charge is 0.440 e. The number of carbonyl (C=O) groups is 1. The lowest BCUT2D eigenvalue weighted by atomic mass is 10.3. The highest BCUT2D eigenvalue weighted by atomic mass is 127. The summed E-state index contributed by atoms with van der Waals surface area (Å²) in [6.45, 7) is 0. The van der Waals surface area contributed by atoms with E-state index in [-0.39, 0.29) is 0 Å². The quantitative estimate of drug-likeness (QED) is 0.138. The molecule has 4 aromatic rings. The van der Waals surface area contributed by atoms with Gasteiger partial charge in [-0.25, -0.2) is 9.18 Å². The van der Waals surface area contributed by atoms with E-state index in [2.05, 4.69) is 24.3 Å². The standard InChI is InChI=1S/C23H16FIO3S/c24-20-15-21(25)28-22(20)23(26)27-16-11-13-19(14-12-16)29(17-7-3-1-4-8-17)18-9-5-2-6-10-18/h1-15,29H. The van der Waals surface area contributed by atoms with E-state index in [1.54, 1.807) is 34.7 Å². The summed E-state index contributed by atoms with van der Waals surface area (Å²) in [5.74, 6) is -1.67. The molecule has 1 aromatic heterocycles. The van der Waals surface area contributed by atoms with E-state index >= 15 is 0 Å². The van der Waals surface area contributed by atoms with Gasteiger partial charge in [0, 0.05) is 6.07 Å². The summed E-state index contributed by atoms with van der Waals surface area (Å²) in [5, 5.41) is 0. The molecule has 0 radical (unpaired) electrons. The maximum atomic E-state index is 13.7. The molecule has 0 aliphatic carbocycles. The third-order valence-electron chi connectivity index (χ3n) is 4.18. The van der Waals surface area contributed by atoms with Gasteiger partial charge in [-0.3, -0.25) is 0 Å². The number of rotatable bonds is 5. The molecule has 3 aromatic carbocycles. The molecule has 0 aliphatic heterocycles. The van der Waals surface area contributed by atoms with Gasteiger partial charge in [-0.1, -0.05) is 36.4 Å². The summed E-state index contributed by atoms with van der Waals surface area (Å²) in [6, 6.07) is 29.1. The van der Waals surface area contributed by atoms with Crippen LogP contribution in [-0.4, -0.2) is 5.97 Å². The lowest BCUT2D eigenvalue weighted by Gasteiger charge is -2.23. The Kier molecular flexibility index (Phi) is 6.01. The Bertz CT molecular complexity index is 1070. The Balaban J connectivity index is 1.61. The summed E-state index contributed by atoms with van der Waals surface area (Å²) in [5.41, 5.74) is 0. The average Bonchev–Trinajstić information content (AvgIpc) is 3.09. The minimum absolute atomic E-state index is 0.291. The molecule has 0 atom stereocenters. The number of thiol groups is 1. The van der Waals surface area contributed by atoms with E-state index in [1.807, 2.05) is 48.5 Å². The fourth-order valence-corrected chi connectivity index (χ4v) is 5.67. The summed E-state index contributed by atoms with van der Waals surface area (Å²) in [4.78, 5) is 15.7. The number of furan rings is 1. The second-order valence-electron chi connectivity index (χ2n) is 6.12. The van der Waals surface area contributed by atoms with Crippen molar-refractivity contribution in [3.63, 3.8) is 0 Å². The van der Waals surface area contributed by atoms with Gasteiger partial charge >= 0.3 is 5.97 Å². The monoisotopic (exact) mass is 518 g/mol. The first-order valence-electron chi connectivity index (χ1n) is 8.79. The predicted molar refractivity (Wildman–Crippen MR) is 119 cm³/mol. The molecule has 4 rings (SSSR count). The molecule has 0 aliphatic rings. The van der Waals surface area contributed by atoms with Crippen molar-refractivity contribution < 1.29 is 18.3 Å². The van der Waals surface area contributed by atoms with Crippen LogP contribution in [0.2, 0.25) is 0 Å². The minimum atomic E-state index is -0.855. The van der Waals surface area contributed by atoms with Crippen LogP contribution in [0.5, 0.6) is 5.75 Å². The molecule has 0 spiro atoms. The van der Waals surface area contributed by atoms with E-state index in [4.69, 9.17) is 9.15 Å². The van der Waals surface area contributed by atoms with Crippen molar-refractivity contribution in [2.24, 2.45) is 0 Å². The van der Waals surface area contributed by atoms with Crippen LogP contribution in [0.4, 0.5) is 4.39 Å². The van der Waals surface area contributed by atoms with Crippen LogP contribution in [0.1, 0.15) is 10.6 Å². The Labute approximate surface area is 184 Å². The van der Waals surface area contributed by atoms with E-state index in [1.165, 1.54) is 9.79 Å². The van der Waals surface area contributed by atoms with Gasteiger partial charge in [-0.15, -0.1) is 0 Å². The highest BCUT2D eigenvalue weighted by molar-refractivity contribution is 14.1. The Morgan fingerprint density at radius 1 is 0.828 bits per heavy atom. The smallest absolute Gasteiger partial charge is 0.382 e. The molecular formula is C23H16FIO3S. The van der Waals surface area contributed by atoms with E-state index in [0.29, 0.717) is 9.52 Å². The zero-order valence-corrected chi connectivity index (χ0v) is 18.1. The molecule has 0 unspecified atom stereocenters. The molecule has 0 N–H and O–H groups in total. The molecule has 0 amide bonds. The second-order valence-corrected chi connectivity index (χ2v) is 9.40. The minimum Gasteiger partial charge on any atom is -0.440 e. The van der Waals surface area contributed by atoms with Crippen LogP contribution >= 0.6 is 33.5 Å².